The molecule has 0 aromatic carbocycles. The Balaban J connectivity index is 2.13. The van der Waals surface area contributed by atoms with Gasteiger partial charge in [-0.3, -0.25) is 10.1 Å². The molecule has 0 aromatic rings. The maximum Gasteiger partial charge on any atom is 0.241 e. The third kappa shape index (κ3) is 2.65. The van der Waals surface area contributed by atoms with Gasteiger partial charge in [-0.15, -0.1) is 0 Å². The van der Waals surface area contributed by atoms with Crippen LogP contribution in [0, 0.1) is 11.8 Å². The fourth-order valence-corrected chi connectivity index (χ4v) is 3.18. The zero-order valence-corrected chi connectivity index (χ0v) is 12.9. The molecule has 2 aliphatic rings. The first-order chi connectivity index (χ1) is 8.90. The average molecular weight is 268 g/mol. The van der Waals surface area contributed by atoms with Gasteiger partial charge < -0.3 is 9.64 Å². The third-order valence-electron chi connectivity index (χ3n) is 4.69. The first-order valence-corrected chi connectivity index (χ1v) is 7.52. The normalized spacial score (nSPS) is 30.3. The molecule has 0 aromatic heterocycles. The molecule has 1 aliphatic carbocycles. The molecule has 1 heterocycles. The van der Waals surface area contributed by atoms with Gasteiger partial charge in [-0.2, -0.15) is 0 Å². The van der Waals surface area contributed by atoms with Crippen molar-refractivity contribution in [2.45, 2.75) is 64.8 Å². The molecule has 2 unspecified atom stereocenters. The van der Waals surface area contributed by atoms with Gasteiger partial charge in [0.25, 0.3) is 0 Å². The number of hydrogen-bond donors (Lipinski definition) is 1. The summed E-state index contributed by atoms with van der Waals surface area (Å²) >= 11 is 0. The van der Waals surface area contributed by atoms with Crippen molar-refractivity contribution in [2.75, 3.05) is 13.7 Å². The van der Waals surface area contributed by atoms with Crippen molar-refractivity contribution in [3.8, 4) is 0 Å². The number of hydrogen-bond acceptors (Lipinski definition) is 3. The van der Waals surface area contributed by atoms with E-state index in [1.807, 2.05) is 4.90 Å². The van der Waals surface area contributed by atoms with Crippen molar-refractivity contribution in [3.05, 3.63) is 0 Å². The highest BCUT2D eigenvalue weighted by atomic mass is 16.5. The summed E-state index contributed by atoms with van der Waals surface area (Å²) in [6.45, 7) is 9.28. The summed E-state index contributed by atoms with van der Waals surface area (Å²) in [5.74, 6) is 0.998. The predicted molar refractivity (Wildman–Crippen MR) is 75.7 cm³/mol. The highest BCUT2D eigenvalue weighted by Gasteiger charge is 2.47. The molecule has 2 atom stereocenters. The topological polar surface area (TPSA) is 41.6 Å². The van der Waals surface area contributed by atoms with Crippen molar-refractivity contribution in [1.82, 2.24) is 10.2 Å². The lowest BCUT2D eigenvalue weighted by Gasteiger charge is -2.44. The molecule has 0 bridgehead atoms. The summed E-state index contributed by atoms with van der Waals surface area (Å²) in [7, 11) is 1.78. The van der Waals surface area contributed by atoms with Gasteiger partial charge in [-0.1, -0.05) is 27.7 Å². The molecule has 1 N–H and O–H groups in total. The molecule has 1 aliphatic heterocycles. The van der Waals surface area contributed by atoms with E-state index in [2.05, 4.69) is 33.0 Å². The smallest absolute Gasteiger partial charge is 0.241 e. The molecule has 19 heavy (non-hydrogen) atoms. The number of methoxy groups -OCH3 is 1. The molecule has 1 saturated heterocycles. The number of amides is 1. The molecule has 0 radical (unpaired) electrons. The van der Waals surface area contributed by atoms with Gasteiger partial charge in [-0.05, 0) is 31.1 Å². The van der Waals surface area contributed by atoms with E-state index >= 15 is 0 Å². The summed E-state index contributed by atoms with van der Waals surface area (Å²) in [6, 6.07) is -0.0404. The van der Waals surface area contributed by atoms with E-state index < -0.39 is 0 Å². The van der Waals surface area contributed by atoms with E-state index in [1.54, 1.807) is 7.11 Å². The fourth-order valence-electron chi connectivity index (χ4n) is 3.18. The second-order valence-corrected chi connectivity index (χ2v) is 6.78. The highest BCUT2D eigenvalue weighted by molar-refractivity contribution is 5.84. The van der Waals surface area contributed by atoms with Crippen LogP contribution in [-0.4, -0.2) is 42.3 Å². The van der Waals surface area contributed by atoms with Gasteiger partial charge in [0.1, 0.15) is 0 Å². The van der Waals surface area contributed by atoms with Crippen LogP contribution < -0.4 is 5.32 Å². The quantitative estimate of drug-likeness (QED) is 0.829. The minimum Gasteiger partial charge on any atom is -0.376 e. The molecule has 2 fully saturated rings. The molecular formula is C15H28N2O2. The van der Waals surface area contributed by atoms with Gasteiger partial charge in [0.05, 0.1) is 24.4 Å². The van der Waals surface area contributed by atoms with Crippen molar-refractivity contribution >= 4 is 5.91 Å². The van der Waals surface area contributed by atoms with Crippen LogP contribution in [0.4, 0.5) is 0 Å². The molecule has 1 saturated carbocycles. The zero-order valence-electron chi connectivity index (χ0n) is 12.9. The highest BCUT2D eigenvalue weighted by Crippen LogP contribution is 2.37. The van der Waals surface area contributed by atoms with E-state index in [0.717, 1.165) is 19.4 Å². The molecule has 0 spiro atoms. The number of carbonyl (C=O) groups excluding carboxylic acids is 1. The standard InChI is InChI=1S/C15H28N2O2/c1-10(2)12-14(18)17(13(16-12)11(3)4)9-15(19-5)7-6-8-15/h10-13,16H,6-9H2,1-5H3. The van der Waals surface area contributed by atoms with Crippen LogP contribution in [0.25, 0.3) is 0 Å². The first kappa shape index (κ1) is 14.8. The fraction of sp³-hybridized carbons (Fsp3) is 0.933. The lowest BCUT2D eigenvalue weighted by molar-refractivity contribution is -0.141. The van der Waals surface area contributed by atoms with Crippen LogP contribution in [0.5, 0.6) is 0 Å². The molecule has 4 heteroatoms. The second kappa shape index (κ2) is 5.41. The predicted octanol–water partition coefficient (Wildman–Crippen LogP) is 1.99. The van der Waals surface area contributed by atoms with Crippen LogP contribution >= 0.6 is 0 Å². The lowest BCUT2D eigenvalue weighted by atomic mass is 9.79. The van der Waals surface area contributed by atoms with Crippen LogP contribution in [0.3, 0.4) is 0 Å². The summed E-state index contributed by atoms with van der Waals surface area (Å²) < 4.78 is 5.69. The largest absolute Gasteiger partial charge is 0.376 e. The Hall–Kier alpha value is -0.610. The molecule has 1 amide bonds. The minimum atomic E-state index is -0.0870. The van der Waals surface area contributed by atoms with E-state index in [4.69, 9.17) is 4.74 Å². The molecular weight excluding hydrogens is 240 g/mol. The molecule has 2 rings (SSSR count). The molecule has 110 valence electrons. The Morgan fingerprint density at radius 1 is 1.32 bits per heavy atom. The van der Waals surface area contributed by atoms with E-state index in [1.165, 1.54) is 6.42 Å². The number of carbonyl (C=O) groups is 1. The minimum absolute atomic E-state index is 0.0404. The van der Waals surface area contributed by atoms with Crippen molar-refractivity contribution < 1.29 is 9.53 Å². The molecule has 4 nitrogen and oxygen atoms in total. The first-order valence-electron chi connectivity index (χ1n) is 7.52. The van der Waals surface area contributed by atoms with Gasteiger partial charge in [-0.25, -0.2) is 0 Å². The number of nitrogens with one attached hydrogen (secondary N) is 1. The van der Waals surface area contributed by atoms with Crippen LogP contribution in [0.15, 0.2) is 0 Å². The Bertz CT molecular complexity index is 332. The average Bonchev–Trinajstić information content (AvgIpc) is 2.61. The van der Waals surface area contributed by atoms with Crippen molar-refractivity contribution in [2.24, 2.45) is 11.8 Å². The Morgan fingerprint density at radius 3 is 2.32 bits per heavy atom. The van der Waals surface area contributed by atoms with Gasteiger partial charge >= 0.3 is 0 Å². The number of ether oxygens (including phenoxy) is 1. The summed E-state index contributed by atoms with van der Waals surface area (Å²) in [4.78, 5) is 14.6. The summed E-state index contributed by atoms with van der Waals surface area (Å²) in [5, 5.41) is 3.51. The summed E-state index contributed by atoms with van der Waals surface area (Å²) in [5.41, 5.74) is -0.0870. The maximum atomic E-state index is 12.6. The maximum absolute atomic E-state index is 12.6. The van der Waals surface area contributed by atoms with Gasteiger partial charge in [0, 0.05) is 7.11 Å². The van der Waals surface area contributed by atoms with E-state index in [9.17, 15) is 4.79 Å². The Kier molecular flexibility index (Phi) is 4.21. The Labute approximate surface area is 116 Å². The monoisotopic (exact) mass is 268 g/mol. The second-order valence-electron chi connectivity index (χ2n) is 6.78. The van der Waals surface area contributed by atoms with E-state index in [0.29, 0.717) is 11.8 Å². The van der Waals surface area contributed by atoms with Crippen LogP contribution in [0.1, 0.15) is 47.0 Å². The van der Waals surface area contributed by atoms with Crippen LogP contribution in [0.2, 0.25) is 0 Å². The third-order valence-corrected chi connectivity index (χ3v) is 4.69. The van der Waals surface area contributed by atoms with Gasteiger partial charge in [0.2, 0.25) is 5.91 Å². The van der Waals surface area contributed by atoms with Crippen LogP contribution in [-0.2, 0) is 9.53 Å². The Morgan fingerprint density at radius 2 is 1.95 bits per heavy atom. The van der Waals surface area contributed by atoms with Crippen molar-refractivity contribution in [1.29, 1.82) is 0 Å². The van der Waals surface area contributed by atoms with Gasteiger partial charge in [0.15, 0.2) is 0 Å². The SMILES string of the molecule is COC1(CN2C(=O)C(C(C)C)NC2C(C)C)CCC1. The number of rotatable bonds is 5. The summed E-state index contributed by atoms with van der Waals surface area (Å²) in [6.07, 6.45) is 3.51. The van der Waals surface area contributed by atoms with E-state index in [-0.39, 0.29) is 23.7 Å². The zero-order chi connectivity index (χ0) is 14.2. The number of nitrogens with zero attached hydrogens (tertiary/aromatic N) is 1. The lowest BCUT2D eigenvalue weighted by Crippen LogP contribution is -2.54. The van der Waals surface area contributed by atoms with Crippen molar-refractivity contribution in [3.63, 3.8) is 0 Å².